The highest BCUT2D eigenvalue weighted by molar-refractivity contribution is 14.0. The van der Waals surface area contributed by atoms with Gasteiger partial charge in [-0.3, -0.25) is 5.10 Å². The molecule has 2 heterocycles. The fourth-order valence-corrected chi connectivity index (χ4v) is 3.28. The first kappa shape index (κ1) is 19.3. The molecule has 1 aliphatic rings. The summed E-state index contributed by atoms with van der Waals surface area (Å²) < 4.78 is 0. The second kappa shape index (κ2) is 10.1. The van der Waals surface area contributed by atoms with Gasteiger partial charge in [0, 0.05) is 25.8 Å². The number of aliphatic imine (C=N–C) groups is 1. The molecular weight excluding hydrogens is 389 g/mol. The minimum atomic E-state index is 0. The van der Waals surface area contributed by atoms with E-state index in [-0.39, 0.29) is 24.0 Å². The normalized spacial score (nSPS) is 18.6. The zero-order valence-corrected chi connectivity index (χ0v) is 16.3. The van der Waals surface area contributed by atoms with E-state index in [0.717, 1.165) is 43.1 Å². The molecule has 1 aromatic heterocycles. The van der Waals surface area contributed by atoms with Gasteiger partial charge in [0.2, 0.25) is 0 Å². The van der Waals surface area contributed by atoms with Crippen LogP contribution < -0.4 is 5.32 Å². The Hall–Kier alpha value is -0.790. The molecule has 0 aromatic carbocycles. The lowest BCUT2D eigenvalue weighted by Crippen LogP contribution is -2.40. The summed E-state index contributed by atoms with van der Waals surface area (Å²) in [7, 11) is 0. The molecule has 6 heteroatoms. The van der Waals surface area contributed by atoms with Crippen LogP contribution >= 0.6 is 24.0 Å². The summed E-state index contributed by atoms with van der Waals surface area (Å²) in [5, 5.41) is 10.4. The third kappa shape index (κ3) is 5.14. The lowest BCUT2D eigenvalue weighted by molar-refractivity contribution is 0.319. The maximum absolute atomic E-state index is 4.74. The van der Waals surface area contributed by atoms with Crippen molar-refractivity contribution in [2.45, 2.75) is 46.6 Å². The Kier molecular flexibility index (Phi) is 8.82. The van der Waals surface area contributed by atoms with Crippen LogP contribution in [0.25, 0.3) is 0 Å². The van der Waals surface area contributed by atoms with Gasteiger partial charge in [-0.25, -0.2) is 4.99 Å². The molecule has 22 heavy (non-hydrogen) atoms. The predicted molar refractivity (Wildman–Crippen MR) is 103 cm³/mol. The van der Waals surface area contributed by atoms with E-state index < -0.39 is 0 Å². The van der Waals surface area contributed by atoms with E-state index >= 15 is 0 Å². The second-order valence-electron chi connectivity index (χ2n) is 5.82. The molecule has 1 fully saturated rings. The van der Waals surface area contributed by atoms with Crippen LogP contribution in [0.3, 0.4) is 0 Å². The third-order valence-electron chi connectivity index (χ3n) is 4.53. The molecule has 1 atom stereocenters. The first-order valence-corrected chi connectivity index (χ1v) is 8.29. The van der Waals surface area contributed by atoms with Crippen LogP contribution in [-0.4, -0.2) is 40.7 Å². The van der Waals surface area contributed by atoms with Crippen molar-refractivity contribution in [3.63, 3.8) is 0 Å². The molecule has 0 bridgehead atoms. The number of guanidine groups is 1. The molecule has 126 valence electrons. The monoisotopic (exact) mass is 419 g/mol. The number of nitrogens with one attached hydrogen (secondary N) is 2. The summed E-state index contributed by atoms with van der Waals surface area (Å²) >= 11 is 0. The highest BCUT2D eigenvalue weighted by Gasteiger charge is 2.29. The molecule has 0 radical (unpaired) electrons. The van der Waals surface area contributed by atoms with Gasteiger partial charge in [-0.2, -0.15) is 5.10 Å². The molecular formula is C16H30IN5. The Balaban J connectivity index is 0.00000242. The molecule has 1 saturated heterocycles. The third-order valence-corrected chi connectivity index (χ3v) is 4.53. The molecule has 5 nitrogen and oxygen atoms in total. The Bertz CT molecular complexity index is 428. The van der Waals surface area contributed by atoms with Crippen LogP contribution in [0.15, 0.2) is 17.3 Å². The Morgan fingerprint density at radius 1 is 1.45 bits per heavy atom. The van der Waals surface area contributed by atoms with Crippen LogP contribution in [0.4, 0.5) is 0 Å². The van der Waals surface area contributed by atoms with E-state index in [2.05, 4.69) is 41.2 Å². The summed E-state index contributed by atoms with van der Waals surface area (Å²) in [4.78, 5) is 7.16. The number of hydrogen-bond acceptors (Lipinski definition) is 2. The van der Waals surface area contributed by atoms with E-state index in [1.165, 1.54) is 19.3 Å². The van der Waals surface area contributed by atoms with Gasteiger partial charge in [-0.15, -0.1) is 24.0 Å². The first-order valence-electron chi connectivity index (χ1n) is 8.29. The topological polar surface area (TPSA) is 56.3 Å². The predicted octanol–water partition coefficient (Wildman–Crippen LogP) is 3.25. The Morgan fingerprint density at radius 3 is 2.82 bits per heavy atom. The van der Waals surface area contributed by atoms with Gasteiger partial charge in [0.15, 0.2) is 5.96 Å². The minimum absolute atomic E-state index is 0. The fraction of sp³-hybridized carbons (Fsp3) is 0.750. The fourth-order valence-electron chi connectivity index (χ4n) is 3.28. The summed E-state index contributed by atoms with van der Waals surface area (Å²) in [6.45, 7) is 10.6. The van der Waals surface area contributed by atoms with Crippen molar-refractivity contribution in [2.75, 3.05) is 19.6 Å². The van der Waals surface area contributed by atoms with E-state index in [4.69, 9.17) is 4.99 Å². The highest BCUT2D eigenvalue weighted by Crippen LogP contribution is 2.28. The average molecular weight is 419 g/mol. The summed E-state index contributed by atoms with van der Waals surface area (Å²) in [5.41, 5.74) is 1.06. The Labute approximate surface area is 151 Å². The summed E-state index contributed by atoms with van der Waals surface area (Å²) in [5.74, 6) is 2.71. The zero-order valence-electron chi connectivity index (χ0n) is 14.0. The molecule has 2 rings (SSSR count). The molecule has 0 spiro atoms. The number of nitrogens with zero attached hydrogens (tertiary/aromatic N) is 3. The number of H-pyrrole nitrogens is 1. The lowest BCUT2D eigenvalue weighted by Gasteiger charge is -2.24. The molecule has 0 amide bonds. The largest absolute Gasteiger partial charge is 0.357 e. The van der Waals surface area contributed by atoms with Gasteiger partial charge in [0.1, 0.15) is 0 Å². The zero-order chi connectivity index (χ0) is 15.1. The lowest BCUT2D eigenvalue weighted by atomic mass is 9.87. The van der Waals surface area contributed by atoms with Gasteiger partial charge in [0.25, 0.3) is 0 Å². The van der Waals surface area contributed by atoms with Crippen LogP contribution in [0.2, 0.25) is 0 Å². The SMILES string of the molecule is CCNC(=NCc1ccn[nH]1)N1CCC(C(CC)CC)C1.I. The Morgan fingerprint density at radius 2 is 2.23 bits per heavy atom. The van der Waals surface area contributed by atoms with Crippen molar-refractivity contribution in [3.8, 4) is 0 Å². The van der Waals surface area contributed by atoms with Crippen LogP contribution in [0, 0.1) is 11.8 Å². The first-order chi connectivity index (χ1) is 10.3. The standard InChI is InChI=1S/C16H29N5.HI/c1-4-13(5-2)14-8-10-21(12-14)16(17-6-3)18-11-15-7-9-19-20-15;/h7,9,13-14H,4-6,8,10-12H2,1-3H3,(H,17,18)(H,19,20);1H. The van der Waals surface area contributed by atoms with Gasteiger partial charge >= 0.3 is 0 Å². The van der Waals surface area contributed by atoms with E-state index in [1.54, 1.807) is 6.20 Å². The van der Waals surface area contributed by atoms with E-state index in [9.17, 15) is 0 Å². The van der Waals surface area contributed by atoms with E-state index in [0.29, 0.717) is 6.54 Å². The average Bonchev–Trinajstić information content (AvgIpc) is 3.16. The smallest absolute Gasteiger partial charge is 0.194 e. The van der Waals surface area contributed by atoms with Crippen molar-refractivity contribution in [1.29, 1.82) is 0 Å². The van der Waals surface area contributed by atoms with Crippen molar-refractivity contribution in [3.05, 3.63) is 18.0 Å². The molecule has 1 aromatic rings. The van der Waals surface area contributed by atoms with Crippen LogP contribution in [0.5, 0.6) is 0 Å². The van der Waals surface area contributed by atoms with Gasteiger partial charge in [-0.05, 0) is 31.2 Å². The van der Waals surface area contributed by atoms with Gasteiger partial charge in [0.05, 0.1) is 12.2 Å². The molecule has 0 aliphatic carbocycles. The summed E-state index contributed by atoms with van der Waals surface area (Å²) in [6.07, 6.45) is 5.64. The molecule has 1 aliphatic heterocycles. The van der Waals surface area contributed by atoms with Crippen molar-refractivity contribution in [1.82, 2.24) is 20.4 Å². The molecule has 2 N–H and O–H groups in total. The maximum atomic E-state index is 4.74. The number of hydrogen-bond donors (Lipinski definition) is 2. The highest BCUT2D eigenvalue weighted by atomic mass is 127. The van der Waals surface area contributed by atoms with Crippen LogP contribution in [0.1, 0.15) is 45.7 Å². The van der Waals surface area contributed by atoms with Crippen LogP contribution in [-0.2, 0) is 6.54 Å². The number of likely N-dealkylation sites (tertiary alicyclic amines) is 1. The van der Waals surface area contributed by atoms with Crippen molar-refractivity contribution < 1.29 is 0 Å². The number of aromatic nitrogens is 2. The number of rotatable bonds is 6. The molecule has 0 saturated carbocycles. The number of halogens is 1. The van der Waals surface area contributed by atoms with Crippen molar-refractivity contribution in [2.24, 2.45) is 16.8 Å². The summed E-state index contributed by atoms with van der Waals surface area (Å²) in [6, 6.07) is 1.98. The second-order valence-corrected chi connectivity index (χ2v) is 5.82. The molecule has 1 unspecified atom stereocenters. The van der Waals surface area contributed by atoms with Gasteiger partial charge < -0.3 is 10.2 Å². The number of aromatic amines is 1. The van der Waals surface area contributed by atoms with Crippen molar-refractivity contribution >= 4 is 29.9 Å². The maximum Gasteiger partial charge on any atom is 0.194 e. The quantitative estimate of drug-likeness (QED) is 0.423. The van der Waals surface area contributed by atoms with Gasteiger partial charge in [-0.1, -0.05) is 26.7 Å². The minimum Gasteiger partial charge on any atom is -0.357 e. The van der Waals surface area contributed by atoms with E-state index in [1.807, 2.05) is 6.07 Å².